The summed E-state index contributed by atoms with van der Waals surface area (Å²) in [6, 6.07) is 0. The van der Waals surface area contributed by atoms with Crippen LogP contribution in [0.1, 0.15) is 26.7 Å². The monoisotopic (exact) mass is 229 g/mol. The first-order valence-electron chi connectivity index (χ1n) is 5.13. The van der Waals surface area contributed by atoms with Gasteiger partial charge in [-0.3, -0.25) is 9.59 Å². The summed E-state index contributed by atoms with van der Waals surface area (Å²) < 4.78 is 4.87. The largest absolute Gasteiger partial charge is 0.502 e. The van der Waals surface area contributed by atoms with E-state index in [9.17, 15) is 9.59 Å². The third-order valence-electron chi connectivity index (χ3n) is 2.06. The fourth-order valence-electron chi connectivity index (χ4n) is 1.01. The Labute approximate surface area is 95.5 Å². The number of carboxylic acids is 1. The lowest BCUT2D eigenvalue weighted by Gasteiger charge is -2.18. The van der Waals surface area contributed by atoms with E-state index in [1.54, 1.807) is 0 Å². The summed E-state index contributed by atoms with van der Waals surface area (Å²) in [4.78, 5) is 22.1. The summed E-state index contributed by atoms with van der Waals surface area (Å²) in [7, 11) is 0. The molecule has 1 amide bonds. The van der Waals surface area contributed by atoms with Crippen molar-refractivity contribution in [1.82, 2.24) is 5.32 Å². The van der Waals surface area contributed by atoms with Gasteiger partial charge in [0.1, 0.15) is 0 Å². The molecule has 0 bridgehead atoms. The highest BCUT2D eigenvalue weighted by atomic mass is 16.5. The van der Waals surface area contributed by atoms with Crippen LogP contribution in [0.3, 0.4) is 0 Å². The second-order valence-corrected chi connectivity index (χ2v) is 4.11. The number of nitrogens with one attached hydrogen (secondary N) is 1. The van der Waals surface area contributed by atoms with Crippen molar-refractivity contribution in [3.63, 3.8) is 0 Å². The molecule has 0 saturated heterocycles. The molecule has 0 aliphatic heterocycles. The normalized spacial score (nSPS) is 10.6. The highest BCUT2D eigenvalue weighted by Crippen LogP contribution is 2.19. The Morgan fingerprint density at radius 1 is 1.50 bits per heavy atom. The fourth-order valence-corrected chi connectivity index (χ4v) is 1.01. The quantitative estimate of drug-likeness (QED) is 0.483. The Hall–Kier alpha value is -1.52. The van der Waals surface area contributed by atoms with E-state index in [2.05, 4.69) is 11.9 Å². The first kappa shape index (κ1) is 14.5. The second-order valence-electron chi connectivity index (χ2n) is 4.11. The molecule has 16 heavy (non-hydrogen) atoms. The maximum Gasteiger partial charge on any atom is 0.309 e. The van der Waals surface area contributed by atoms with Gasteiger partial charge in [0.15, 0.2) is 0 Å². The van der Waals surface area contributed by atoms with E-state index in [4.69, 9.17) is 9.84 Å². The minimum atomic E-state index is -1.03. The van der Waals surface area contributed by atoms with Gasteiger partial charge in [-0.2, -0.15) is 0 Å². The Morgan fingerprint density at radius 3 is 2.62 bits per heavy atom. The molecule has 0 aromatic heterocycles. The predicted molar refractivity (Wildman–Crippen MR) is 59.8 cm³/mol. The van der Waals surface area contributed by atoms with Crippen molar-refractivity contribution in [1.29, 1.82) is 0 Å². The van der Waals surface area contributed by atoms with Gasteiger partial charge in [-0.1, -0.05) is 6.58 Å². The van der Waals surface area contributed by atoms with Crippen LogP contribution < -0.4 is 5.32 Å². The van der Waals surface area contributed by atoms with Crippen LogP contribution in [0.5, 0.6) is 0 Å². The van der Waals surface area contributed by atoms with Crippen LogP contribution in [-0.2, 0) is 14.3 Å². The second kappa shape index (κ2) is 6.87. The molecular weight excluding hydrogens is 210 g/mol. The Morgan fingerprint density at radius 2 is 2.12 bits per heavy atom. The minimum Gasteiger partial charge on any atom is -0.502 e. The number of carbonyl (C=O) groups is 2. The van der Waals surface area contributed by atoms with Gasteiger partial charge in [0, 0.05) is 13.0 Å². The number of ether oxygens (including phenoxy) is 1. The highest BCUT2D eigenvalue weighted by Gasteiger charge is 2.29. The number of aliphatic carboxylic acids is 1. The zero-order valence-corrected chi connectivity index (χ0v) is 9.78. The number of hydrogen-bond acceptors (Lipinski definition) is 3. The molecule has 2 N–H and O–H groups in total. The van der Waals surface area contributed by atoms with Crippen LogP contribution in [-0.4, -0.2) is 30.1 Å². The molecule has 0 atom stereocenters. The van der Waals surface area contributed by atoms with Crippen LogP contribution >= 0.6 is 0 Å². The molecule has 0 heterocycles. The van der Waals surface area contributed by atoms with E-state index >= 15 is 0 Å². The average molecular weight is 229 g/mol. The van der Waals surface area contributed by atoms with Gasteiger partial charge in [0.25, 0.3) is 0 Å². The van der Waals surface area contributed by atoms with E-state index in [1.165, 1.54) is 20.1 Å². The summed E-state index contributed by atoms with van der Waals surface area (Å²) in [6.45, 7) is 7.40. The molecule has 0 radical (unpaired) electrons. The zero-order chi connectivity index (χ0) is 12.6. The third kappa shape index (κ3) is 6.06. The van der Waals surface area contributed by atoms with E-state index < -0.39 is 11.4 Å². The number of hydrogen-bond donors (Lipinski definition) is 2. The molecule has 0 aliphatic rings. The van der Waals surface area contributed by atoms with Crippen LogP contribution in [0.25, 0.3) is 0 Å². The Kier molecular flexibility index (Phi) is 6.22. The topological polar surface area (TPSA) is 75.6 Å². The molecule has 0 spiro atoms. The van der Waals surface area contributed by atoms with Crippen molar-refractivity contribution >= 4 is 11.9 Å². The Balaban J connectivity index is 3.74. The summed E-state index contributed by atoms with van der Waals surface area (Å²) >= 11 is 0. The molecule has 0 saturated carbocycles. The smallest absolute Gasteiger partial charge is 0.309 e. The standard InChI is InChI=1S/C11H19NO4/c1-4-16-7-5-6-12-9(13)8-11(2,3)10(14)15/h4H,1,5-8H2,2-3H3,(H,12,13)(H,14,15). The van der Waals surface area contributed by atoms with Crippen molar-refractivity contribution in [3.05, 3.63) is 12.8 Å². The van der Waals surface area contributed by atoms with E-state index in [1.807, 2.05) is 0 Å². The Bertz CT molecular complexity index is 261. The summed E-state index contributed by atoms with van der Waals surface area (Å²) in [5, 5.41) is 11.5. The van der Waals surface area contributed by atoms with Crippen LogP contribution in [0, 0.1) is 5.41 Å². The van der Waals surface area contributed by atoms with Gasteiger partial charge >= 0.3 is 5.97 Å². The van der Waals surface area contributed by atoms with Crippen LogP contribution in [0.2, 0.25) is 0 Å². The summed E-state index contributed by atoms with van der Waals surface area (Å²) in [5.41, 5.74) is -1.03. The summed E-state index contributed by atoms with van der Waals surface area (Å²) in [5.74, 6) is -1.23. The lowest BCUT2D eigenvalue weighted by atomic mass is 9.89. The number of carboxylic acid groups (broad SMARTS) is 1. The van der Waals surface area contributed by atoms with Gasteiger partial charge in [0.05, 0.1) is 18.3 Å². The van der Waals surface area contributed by atoms with Crippen molar-refractivity contribution in [2.24, 2.45) is 5.41 Å². The lowest BCUT2D eigenvalue weighted by Crippen LogP contribution is -2.34. The third-order valence-corrected chi connectivity index (χ3v) is 2.06. The van der Waals surface area contributed by atoms with Gasteiger partial charge < -0.3 is 15.2 Å². The van der Waals surface area contributed by atoms with Gasteiger partial charge in [-0.05, 0) is 20.3 Å². The van der Waals surface area contributed by atoms with Crippen molar-refractivity contribution < 1.29 is 19.4 Å². The molecule has 5 heteroatoms. The molecular formula is C11H19NO4. The number of rotatable bonds is 8. The van der Waals surface area contributed by atoms with Gasteiger partial charge in [-0.25, -0.2) is 0 Å². The maximum atomic E-state index is 11.4. The fraction of sp³-hybridized carbons (Fsp3) is 0.636. The van der Waals surface area contributed by atoms with E-state index in [0.29, 0.717) is 19.6 Å². The molecule has 0 aromatic carbocycles. The molecule has 5 nitrogen and oxygen atoms in total. The average Bonchev–Trinajstić information content (AvgIpc) is 2.16. The SMILES string of the molecule is C=COCCCNC(=O)CC(C)(C)C(=O)O. The van der Waals surface area contributed by atoms with Crippen molar-refractivity contribution in [2.75, 3.05) is 13.2 Å². The zero-order valence-electron chi connectivity index (χ0n) is 9.78. The molecule has 0 aromatic rings. The van der Waals surface area contributed by atoms with Crippen molar-refractivity contribution in [2.45, 2.75) is 26.7 Å². The van der Waals surface area contributed by atoms with E-state index in [0.717, 1.165) is 0 Å². The van der Waals surface area contributed by atoms with E-state index in [-0.39, 0.29) is 12.3 Å². The highest BCUT2D eigenvalue weighted by molar-refractivity contribution is 5.84. The molecule has 0 aliphatic carbocycles. The number of carbonyl (C=O) groups excluding carboxylic acids is 1. The first-order chi connectivity index (χ1) is 7.40. The van der Waals surface area contributed by atoms with Crippen LogP contribution in [0.4, 0.5) is 0 Å². The first-order valence-corrected chi connectivity index (χ1v) is 5.13. The molecule has 92 valence electrons. The number of amides is 1. The lowest BCUT2D eigenvalue weighted by molar-refractivity contribution is -0.149. The van der Waals surface area contributed by atoms with Gasteiger partial charge in [0.2, 0.25) is 5.91 Å². The van der Waals surface area contributed by atoms with Gasteiger partial charge in [-0.15, -0.1) is 0 Å². The molecule has 0 rings (SSSR count). The summed E-state index contributed by atoms with van der Waals surface area (Å²) in [6.07, 6.45) is 1.99. The predicted octanol–water partition coefficient (Wildman–Crippen LogP) is 1.15. The minimum absolute atomic E-state index is 0.0232. The molecule has 0 unspecified atom stereocenters. The molecule has 0 fully saturated rings. The van der Waals surface area contributed by atoms with Crippen LogP contribution in [0.15, 0.2) is 12.8 Å². The van der Waals surface area contributed by atoms with Crippen molar-refractivity contribution in [3.8, 4) is 0 Å². The maximum absolute atomic E-state index is 11.4.